The fourth-order valence-corrected chi connectivity index (χ4v) is 6.49. The average molecular weight is 671 g/mol. The fourth-order valence-electron chi connectivity index (χ4n) is 5.81. The summed E-state index contributed by atoms with van der Waals surface area (Å²) in [6.07, 6.45) is 7.41. The van der Waals surface area contributed by atoms with Gasteiger partial charge in [-0.1, -0.05) is 30.3 Å². The summed E-state index contributed by atoms with van der Waals surface area (Å²) >= 11 is 3.70. The van der Waals surface area contributed by atoms with Gasteiger partial charge in [0.05, 0.1) is 11.1 Å². The van der Waals surface area contributed by atoms with Gasteiger partial charge in [0.15, 0.2) is 0 Å². The Morgan fingerprint density at radius 2 is 1.57 bits per heavy atom. The molecule has 0 spiro atoms. The molecule has 0 radical (unpaired) electrons. The monoisotopic (exact) mass is 669 g/mol. The Balaban J connectivity index is 1.42. The van der Waals surface area contributed by atoms with Crippen LogP contribution in [0.2, 0.25) is 0 Å². The molecule has 0 N–H and O–H groups in total. The highest BCUT2D eigenvalue weighted by atomic mass is 79.9. The Morgan fingerprint density at radius 1 is 0.932 bits per heavy atom. The number of halogens is 1. The van der Waals surface area contributed by atoms with Gasteiger partial charge in [-0.2, -0.15) is 0 Å². The van der Waals surface area contributed by atoms with E-state index < -0.39 is 11.2 Å². The number of carbonyl (C=O) groups is 2. The van der Waals surface area contributed by atoms with E-state index in [0.717, 1.165) is 52.4 Å². The number of carbonyl (C=O) groups excluding carboxylic acids is 2. The van der Waals surface area contributed by atoms with Crippen LogP contribution >= 0.6 is 15.9 Å². The molecule has 1 aliphatic carbocycles. The van der Waals surface area contributed by atoms with E-state index in [0.29, 0.717) is 44.6 Å². The van der Waals surface area contributed by atoms with Gasteiger partial charge in [0.2, 0.25) is 0 Å². The van der Waals surface area contributed by atoms with E-state index in [9.17, 15) is 9.59 Å². The zero-order chi connectivity index (χ0) is 32.1. The van der Waals surface area contributed by atoms with Crippen LogP contribution in [0.4, 0.5) is 9.59 Å². The van der Waals surface area contributed by atoms with Crippen LogP contribution in [0.25, 0.3) is 11.0 Å². The van der Waals surface area contributed by atoms with Crippen LogP contribution in [0.5, 0.6) is 0 Å². The molecule has 240 valence electrons. The van der Waals surface area contributed by atoms with Crippen molar-refractivity contribution in [3.05, 3.63) is 58.6 Å². The second kappa shape index (κ2) is 14.3. The Kier molecular flexibility index (Phi) is 11.0. The SMILES string of the molecule is Cc1ncnc2c1c(Br)cn2[C@H]1CC[C@@H](CN(CCCN(CCc2ccccc2)C(=O)OC(C)(C)C)C(=O)OC(C)(C)C)C1. The first-order chi connectivity index (χ1) is 20.7. The highest BCUT2D eigenvalue weighted by Crippen LogP contribution is 2.39. The fraction of sp³-hybridized carbons (Fsp3) is 0.588. The number of ether oxygens (including phenoxy) is 2. The van der Waals surface area contributed by atoms with Crippen molar-refractivity contribution < 1.29 is 19.1 Å². The van der Waals surface area contributed by atoms with E-state index in [1.54, 1.807) is 11.2 Å². The lowest BCUT2D eigenvalue weighted by molar-refractivity contribution is 0.0186. The molecule has 0 saturated heterocycles. The lowest BCUT2D eigenvalue weighted by atomic mass is 10.1. The summed E-state index contributed by atoms with van der Waals surface area (Å²) in [5, 5.41) is 1.05. The molecule has 9 nitrogen and oxygen atoms in total. The summed E-state index contributed by atoms with van der Waals surface area (Å²) in [6, 6.07) is 10.4. The van der Waals surface area contributed by atoms with Crippen molar-refractivity contribution in [2.45, 2.75) is 97.8 Å². The van der Waals surface area contributed by atoms with Gasteiger partial charge in [0, 0.05) is 42.9 Å². The zero-order valence-electron chi connectivity index (χ0n) is 27.3. The second-order valence-corrected chi connectivity index (χ2v) is 14.7. The first-order valence-corrected chi connectivity index (χ1v) is 16.5. The summed E-state index contributed by atoms with van der Waals surface area (Å²) < 4.78 is 14.8. The van der Waals surface area contributed by atoms with Gasteiger partial charge in [-0.25, -0.2) is 19.6 Å². The predicted molar refractivity (Wildman–Crippen MR) is 177 cm³/mol. The minimum absolute atomic E-state index is 0.296. The van der Waals surface area contributed by atoms with E-state index in [1.807, 2.05) is 71.6 Å². The molecule has 10 heteroatoms. The summed E-state index contributed by atoms with van der Waals surface area (Å²) in [7, 11) is 0. The number of nitrogens with zero attached hydrogens (tertiary/aromatic N) is 5. The van der Waals surface area contributed by atoms with Crippen LogP contribution in [-0.4, -0.2) is 73.9 Å². The minimum Gasteiger partial charge on any atom is -0.444 e. The van der Waals surface area contributed by atoms with Crippen LogP contribution in [0.1, 0.15) is 84.5 Å². The van der Waals surface area contributed by atoms with Crippen LogP contribution < -0.4 is 0 Å². The molecule has 0 bridgehead atoms. The number of aromatic nitrogens is 3. The van der Waals surface area contributed by atoms with Crippen LogP contribution in [0.15, 0.2) is 47.3 Å². The molecule has 0 unspecified atom stereocenters. The van der Waals surface area contributed by atoms with E-state index in [-0.39, 0.29) is 12.2 Å². The first kappa shape index (κ1) is 33.7. The van der Waals surface area contributed by atoms with Crippen molar-refractivity contribution in [2.24, 2.45) is 5.92 Å². The third-order valence-corrected chi connectivity index (χ3v) is 8.41. The maximum atomic E-state index is 13.4. The van der Waals surface area contributed by atoms with E-state index >= 15 is 0 Å². The molecule has 2 heterocycles. The minimum atomic E-state index is -0.598. The van der Waals surface area contributed by atoms with Crippen molar-refractivity contribution in [2.75, 3.05) is 26.2 Å². The number of rotatable bonds is 10. The molecule has 1 aliphatic rings. The van der Waals surface area contributed by atoms with Gasteiger partial charge in [-0.05, 0) is 108 Å². The molecule has 3 aromatic rings. The quantitative estimate of drug-likeness (QED) is 0.218. The van der Waals surface area contributed by atoms with Gasteiger partial charge in [0.1, 0.15) is 23.2 Å². The number of hydrogen-bond acceptors (Lipinski definition) is 6. The standard InChI is InChI=1S/C34H48BrN5O4/c1-24-29-28(35)22-40(30(29)37-23-36-24)27-15-14-26(20-27)21-39(32(42)44-34(5,6)7)18-11-17-38(31(41)43-33(2,3)4)19-16-25-12-9-8-10-13-25/h8-10,12-13,22-23,26-27H,11,14-21H2,1-7H3/t26-,27+/m1/s1. The summed E-state index contributed by atoms with van der Waals surface area (Å²) in [5.74, 6) is 0.326. The average Bonchev–Trinajstić information content (AvgIpc) is 3.53. The highest BCUT2D eigenvalue weighted by molar-refractivity contribution is 9.10. The molecule has 4 rings (SSSR count). The lowest BCUT2D eigenvalue weighted by Gasteiger charge is -2.31. The number of amides is 2. The molecule has 2 atom stereocenters. The molecule has 1 saturated carbocycles. The second-order valence-electron chi connectivity index (χ2n) is 13.9. The smallest absolute Gasteiger partial charge is 0.410 e. The van der Waals surface area contributed by atoms with Crippen molar-refractivity contribution >= 4 is 39.1 Å². The maximum absolute atomic E-state index is 13.4. The third kappa shape index (κ3) is 9.43. The Morgan fingerprint density at radius 3 is 2.23 bits per heavy atom. The van der Waals surface area contributed by atoms with Crippen molar-refractivity contribution in [1.82, 2.24) is 24.3 Å². The largest absolute Gasteiger partial charge is 0.444 e. The van der Waals surface area contributed by atoms with E-state index in [2.05, 4.69) is 48.8 Å². The Labute approximate surface area is 270 Å². The lowest BCUT2D eigenvalue weighted by Crippen LogP contribution is -2.42. The molecule has 1 aromatic carbocycles. The molecule has 2 amide bonds. The summed E-state index contributed by atoms with van der Waals surface area (Å²) in [6.45, 7) is 15.4. The van der Waals surface area contributed by atoms with Crippen LogP contribution in [0.3, 0.4) is 0 Å². The van der Waals surface area contributed by atoms with Crippen LogP contribution in [-0.2, 0) is 15.9 Å². The molecular weight excluding hydrogens is 622 g/mol. The summed E-state index contributed by atoms with van der Waals surface area (Å²) in [4.78, 5) is 39.1. The van der Waals surface area contributed by atoms with Gasteiger partial charge in [-0.3, -0.25) is 0 Å². The topological polar surface area (TPSA) is 89.8 Å². The van der Waals surface area contributed by atoms with Gasteiger partial charge in [-0.15, -0.1) is 0 Å². The van der Waals surface area contributed by atoms with Crippen LogP contribution in [0, 0.1) is 12.8 Å². The molecule has 1 fully saturated rings. The number of aryl methyl sites for hydroxylation is 1. The third-order valence-electron chi connectivity index (χ3n) is 7.81. The number of benzene rings is 1. The summed E-state index contributed by atoms with van der Waals surface area (Å²) in [5.41, 5.74) is 1.87. The first-order valence-electron chi connectivity index (χ1n) is 15.7. The molecular formula is C34H48BrN5O4. The van der Waals surface area contributed by atoms with Crippen molar-refractivity contribution in [3.63, 3.8) is 0 Å². The normalized spacial score (nSPS) is 17.1. The predicted octanol–water partition coefficient (Wildman–Crippen LogP) is 7.95. The zero-order valence-corrected chi connectivity index (χ0v) is 28.9. The van der Waals surface area contributed by atoms with Crippen molar-refractivity contribution in [1.29, 1.82) is 0 Å². The molecule has 0 aliphatic heterocycles. The van der Waals surface area contributed by atoms with E-state index in [1.165, 1.54) is 0 Å². The Bertz CT molecular complexity index is 1410. The van der Waals surface area contributed by atoms with Gasteiger partial charge >= 0.3 is 12.2 Å². The number of fused-ring (bicyclic) bond motifs is 1. The number of hydrogen-bond donors (Lipinski definition) is 0. The molecule has 44 heavy (non-hydrogen) atoms. The van der Waals surface area contributed by atoms with Gasteiger partial charge in [0.25, 0.3) is 0 Å². The van der Waals surface area contributed by atoms with Gasteiger partial charge < -0.3 is 23.8 Å². The highest BCUT2D eigenvalue weighted by Gasteiger charge is 2.32. The Hall–Kier alpha value is -3.14. The molecule has 2 aromatic heterocycles. The van der Waals surface area contributed by atoms with E-state index in [4.69, 9.17) is 9.47 Å². The van der Waals surface area contributed by atoms with Crippen molar-refractivity contribution in [3.8, 4) is 0 Å². The maximum Gasteiger partial charge on any atom is 0.410 e.